The molecule has 0 saturated heterocycles. The summed E-state index contributed by atoms with van der Waals surface area (Å²) in [6.07, 6.45) is 1.03. The Morgan fingerprint density at radius 2 is 2.14 bits per heavy atom. The van der Waals surface area contributed by atoms with E-state index in [0.717, 1.165) is 0 Å². The van der Waals surface area contributed by atoms with E-state index in [4.69, 9.17) is 14.9 Å². The molecule has 2 heterocycles. The lowest BCUT2D eigenvalue weighted by molar-refractivity contribution is -0.119. The van der Waals surface area contributed by atoms with Crippen molar-refractivity contribution in [2.24, 2.45) is 11.1 Å². The number of hydrogen-bond donors (Lipinski definition) is 1. The van der Waals surface area contributed by atoms with E-state index in [1.807, 2.05) is 13.8 Å². The molecule has 1 aliphatic carbocycles. The first kappa shape index (κ1) is 15.2. The highest BCUT2D eigenvalue weighted by atomic mass is 127. The van der Waals surface area contributed by atoms with E-state index in [9.17, 15) is 10.1 Å². The Kier molecular flexibility index (Phi) is 3.56. The number of carbonyl (C=O) groups excluding carboxylic acids is 1. The van der Waals surface area contributed by atoms with Crippen molar-refractivity contribution in [3.05, 3.63) is 44.4 Å². The van der Waals surface area contributed by atoms with Crippen LogP contribution in [0.2, 0.25) is 0 Å². The molecule has 2 aliphatic rings. The molecule has 6 heteroatoms. The third-order valence-corrected chi connectivity index (χ3v) is 4.53. The molecule has 1 aliphatic heterocycles. The average molecular weight is 410 g/mol. The largest absolute Gasteiger partial charge is 0.454 e. The summed E-state index contributed by atoms with van der Waals surface area (Å²) in [5.41, 5.74) is 6.48. The van der Waals surface area contributed by atoms with Gasteiger partial charge in [-0.25, -0.2) is 0 Å². The minimum Gasteiger partial charge on any atom is -0.454 e. The Bertz CT molecular complexity index is 765. The van der Waals surface area contributed by atoms with E-state index in [1.165, 1.54) is 0 Å². The fourth-order valence-corrected chi connectivity index (χ4v) is 3.49. The molecule has 1 aromatic rings. The van der Waals surface area contributed by atoms with Crippen molar-refractivity contribution in [3.63, 3.8) is 0 Å². The monoisotopic (exact) mass is 410 g/mol. The van der Waals surface area contributed by atoms with Crippen LogP contribution >= 0.6 is 22.6 Å². The van der Waals surface area contributed by atoms with Crippen molar-refractivity contribution in [2.75, 3.05) is 0 Å². The van der Waals surface area contributed by atoms with Gasteiger partial charge in [0, 0.05) is 18.4 Å². The van der Waals surface area contributed by atoms with Crippen LogP contribution in [0.25, 0.3) is 0 Å². The molecule has 0 unspecified atom stereocenters. The van der Waals surface area contributed by atoms with Gasteiger partial charge in [0.25, 0.3) is 0 Å². The summed E-state index contributed by atoms with van der Waals surface area (Å²) >= 11 is 2.05. The van der Waals surface area contributed by atoms with E-state index in [1.54, 1.807) is 12.1 Å². The van der Waals surface area contributed by atoms with Gasteiger partial charge in [0.05, 0.1) is 5.92 Å². The van der Waals surface area contributed by atoms with Crippen LogP contribution in [0.15, 0.2) is 39.3 Å². The highest BCUT2D eigenvalue weighted by Gasteiger charge is 2.44. The summed E-state index contributed by atoms with van der Waals surface area (Å²) in [7, 11) is 0. The van der Waals surface area contributed by atoms with Gasteiger partial charge >= 0.3 is 0 Å². The summed E-state index contributed by atoms with van der Waals surface area (Å²) in [6.45, 7) is 4.03. The van der Waals surface area contributed by atoms with Crippen LogP contribution in [-0.2, 0) is 9.53 Å². The van der Waals surface area contributed by atoms with Gasteiger partial charge in [-0.1, -0.05) is 13.8 Å². The minimum absolute atomic E-state index is 0.0112. The molecule has 2 N–H and O–H groups in total. The van der Waals surface area contributed by atoms with E-state index < -0.39 is 5.92 Å². The zero-order valence-electron chi connectivity index (χ0n) is 12.3. The SMILES string of the molecule is CC1(C)CC(=O)C2=C(C1)OC(N)=C(C#N)[C@H]2c1ccc(I)o1. The first-order valence-corrected chi connectivity index (χ1v) is 7.99. The standard InChI is InChI=1S/C16H15IN2O3/c1-16(2)5-9(20)14-11(6-16)22-15(19)8(7-18)13(14)10-3-4-12(17)21-10/h3-4,13H,5-6,19H2,1-2H3/t13-/m0/s1. The zero-order valence-corrected chi connectivity index (χ0v) is 14.4. The van der Waals surface area contributed by atoms with Crippen molar-refractivity contribution in [2.45, 2.75) is 32.6 Å². The van der Waals surface area contributed by atoms with E-state index in [0.29, 0.717) is 33.7 Å². The van der Waals surface area contributed by atoms with Crippen molar-refractivity contribution in [1.82, 2.24) is 0 Å². The van der Waals surface area contributed by atoms with Crippen molar-refractivity contribution in [1.29, 1.82) is 5.26 Å². The molecule has 1 atom stereocenters. The van der Waals surface area contributed by atoms with Gasteiger partial charge in [0.2, 0.25) is 5.88 Å². The maximum Gasteiger partial charge on any atom is 0.205 e. The summed E-state index contributed by atoms with van der Waals surface area (Å²) in [5.74, 6) is 0.592. The van der Waals surface area contributed by atoms with E-state index in [-0.39, 0.29) is 22.7 Å². The minimum atomic E-state index is -0.569. The quantitative estimate of drug-likeness (QED) is 0.718. The highest BCUT2D eigenvalue weighted by molar-refractivity contribution is 14.1. The van der Waals surface area contributed by atoms with Crippen LogP contribution in [0.4, 0.5) is 0 Å². The molecule has 0 fully saturated rings. The second kappa shape index (κ2) is 5.16. The normalized spacial score (nSPS) is 23.9. The number of furan rings is 1. The van der Waals surface area contributed by atoms with Crippen LogP contribution in [0.1, 0.15) is 38.4 Å². The second-order valence-corrected chi connectivity index (χ2v) is 7.41. The van der Waals surface area contributed by atoms with Gasteiger partial charge < -0.3 is 14.9 Å². The smallest absolute Gasteiger partial charge is 0.205 e. The van der Waals surface area contributed by atoms with Crippen LogP contribution in [-0.4, -0.2) is 5.78 Å². The lowest BCUT2D eigenvalue weighted by Crippen LogP contribution is -2.33. The van der Waals surface area contributed by atoms with Crippen LogP contribution in [0.3, 0.4) is 0 Å². The molecular weight excluding hydrogens is 395 g/mol. The van der Waals surface area contributed by atoms with Gasteiger partial charge in [-0.3, -0.25) is 4.79 Å². The number of allylic oxidation sites excluding steroid dienone is 3. The molecule has 1 aromatic heterocycles. The maximum atomic E-state index is 12.6. The molecule has 0 saturated carbocycles. The molecule has 0 amide bonds. The zero-order chi connectivity index (χ0) is 16.1. The third-order valence-electron chi connectivity index (χ3n) is 3.95. The summed E-state index contributed by atoms with van der Waals surface area (Å²) in [5, 5.41) is 9.43. The van der Waals surface area contributed by atoms with Gasteiger partial charge in [-0.05, 0) is 40.1 Å². The second-order valence-electron chi connectivity index (χ2n) is 6.34. The van der Waals surface area contributed by atoms with Crippen molar-refractivity contribution in [3.8, 4) is 6.07 Å². The number of ether oxygens (including phenoxy) is 1. The fraction of sp³-hybridized carbons (Fsp3) is 0.375. The molecule has 0 radical (unpaired) electrons. The number of hydrogen-bond acceptors (Lipinski definition) is 5. The van der Waals surface area contributed by atoms with Gasteiger partial charge in [0.1, 0.15) is 23.2 Å². The first-order valence-electron chi connectivity index (χ1n) is 6.91. The number of halogens is 1. The van der Waals surface area contributed by atoms with Crippen LogP contribution in [0.5, 0.6) is 0 Å². The Morgan fingerprint density at radius 1 is 1.41 bits per heavy atom. The number of carbonyl (C=O) groups is 1. The van der Waals surface area contributed by atoms with Crippen LogP contribution < -0.4 is 5.73 Å². The summed E-state index contributed by atoms with van der Waals surface area (Å²) in [6, 6.07) is 5.64. The van der Waals surface area contributed by atoms with Gasteiger partial charge in [0.15, 0.2) is 9.55 Å². The molecule has 0 spiro atoms. The Labute approximate surface area is 141 Å². The lowest BCUT2D eigenvalue weighted by atomic mass is 9.71. The predicted molar refractivity (Wildman–Crippen MR) is 87.1 cm³/mol. The Balaban J connectivity index is 2.17. The van der Waals surface area contributed by atoms with Crippen molar-refractivity contribution >= 4 is 28.4 Å². The van der Waals surface area contributed by atoms with Crippen molar-refractivity contribution < 1.29 is 13.9 Å². The molecule has 0 aromatic carbocycles. The number of ketones is 1. The predicted octanol–water partition coefficient (Wildman–Crippen LogP) is 3.34. The molecular formula is C16H15IN2O3. The number of Topliss-reactive ketones (excluding diaryl/α,β-unsaturated/α-hetero) is 1. The summed E-state index contributed by atoms with van der Waals surface area (Å²) in [4.78, 5) is 12.6. The number of rotatable bonds is 1. The molecule has 0 bridgehead atoms. The van der Waals surface area contributed by atoms with Gasteiger partial charge in [-0.15, -0.1) is 0 Å². The number of nitrogens with two attached hydrogens (primary N) is 1. The maximum absolute atomic E-state index is 12.6. The summed E-state index contributed by atoms with van der Waals surface area (Å²) < 4.78 is 12.0. The third kappa shape index (κ3) is 2.43. The number of nitriles is 1. The number of nitrogens with zero attached hydrogens (tertiary/aromatic N) is 1. The Morgan fingerprint density at radius 3 is 2.73 bits per heavy atom. The molecule has 5 nitrogen and oxygen atoms in total. The van der Waals surface area contributed by atoms with E-state index in [2.05, 4.69) is 28.7 Å². The average Bonchev–Trinajstić information content (AvgIpc) is 2.82. The van der Waals surface area contributed by atoms with Crippen LogP contribution in [0, 0.1) is 20.5 Å². The fourth-order valence-electron chi connectivity index (χ4n) is 3.05. The molecule has 114 valence electrons. The molecule has 22 heavy (non-hydrogen) atoms. The first-order chi connectivity index (χ1) is 10.3. The topological polar surface area (TPSA) is 89.2 Å². The highest BCUT2D eigenvalue weighted by Crippen LogP contribution is 2.48. The Hall–Kier alpha value is -1.75. The molecule has 3 rings (SSSR count). The van der Waals surface area contributed by atoms with E-state index >= 15 is 0 Å². The van der Waals surface area contributed by atoms with Gasteiger partial charge in [-0.2, -0.15) is 5.26 Å². The lowest BCUT2D eigenvalue weighted by Gasteiger charge is -2.36.